The first-order chi connectivity index (χ1) is 27.3. The molecule has 11 rings (SSSR count). The first kappa shape index (κ1) is 31.8. The van der Waals surface area contributed by atoms with Crippen LogP contribution in [0.4, 0.5) is 17.1 Å². The summed E-state index contributed by atoms with van der Waals surface area (Å²) in [6, 6.07) is 78.4. The van der Waals surface area contributed by atoms with E-state index >= 15 is 0 Å². The van der Waals surface area contributed by atoms with Crippen LogP contribution in [0.15, 0.2) is 212 Å². The Balaban J connectivity index is 1.27. The Hall–Kier alpha value is -6.74. The molecular weight excluding hydrogens is 683 g/mol. The van der Waals surface area contributed by atoms with Crippen LogP contribution in [-0.4, -0.2) is 0 Å². The van der Waals surface area contributed by atoms with Crippen molar-refractivity contribution < 1.29 is 0 Å². The van der Waals surface area contributed by atoms with Crippen molar-refractivity contribution in [1.82, 2.24) is 0 Å². The molecule has 0 unspecified atom stereocenters. The maximum Gasteiger partial charge on any atom is 0.0714 e. The average molecular weight is 718 g/mol. The lowest BCUT2D eigenvalue weighted by Crippen LogP contribution is -2.28. The van der Waals surface area contributed by atoms with Crippen LogP contribution in [0.2, 0.25) is 0 Å². The second-order valence-corrected chi connectivity index (χ2v) is 15.5. The third-order valence-corrected chi connectivity index (χ3v) is 12.7. The summed E-state index contributed by atoms with van der Waals surface area (Å²) in [4.78, 5) is 2.54. The van der Waals surface area contributed by atoms with Gasteiger partial charge in [-0.15, -0.1) is 11.3 Å². The van der Waals surface area contributed by atoms with Gasteiger partial charge in [-0.25, -0.2) is 0 Å². The molecular formula is C53H35NS. The van der Waals surface area contributed by atoms with E-state index in [0.717, 1.165) is 11.4 Å². The molecule has 258 valence electrons. The molecule has 9 aromatic carbocycles. The zero-order chi connectivity index (χ0) is 36.3. The van der Waals surface area contributed by atoms with Crippen LogP contribution in [0.25, 0.3) is 53.2 Å². The Labute approximate surface area is 325 Å². The fourth-order valence-corrected chi connectivity index (χ4v) is 10.4. The standard InChI is InChI=1S/C53H35NS/c1-4-18-37(19-5-1)51-41-24-11-10-17-36(41)31-34-48(51)54(47-28-16-30-50-52(47)44-26-13-15-29-49(44)55-50)40-32-33-43-42-25-12-14-27-45(42)53(46(43)35-40,38-20-6-2-7-21-38)39-22-8-3-9-23-39/h1-35H. The van der Waals surface area contributed by atoms with Crippen molar-refractivity contribution in [2.75, 3.05) is 4.90 Å². The molecule has 55 heavy (non-hydrogen) atoms. The molecule has 0 radical (unpaired) electrons. The van der Waals surface area contributed by atoms with E-state index in [9.17, 15) is 0 Å². The van der Waals surface area contributed by atoms with Gasteiger partial charge in [-0.1, -0.05) is 176 Å². The topological polar surface area (TPSA) is 3.24 Å². The van der Waals surface area contributed by atoms with Crippen molar-refractivity contribution in [2.45, 2.75) is 5.41 Å². The summed E-state index contributed by atoms with van der Waals surface area (Å²) in [5.41, 5.74) is 13.0. The lowest BCUT2D eigenvalue weighted by atomic mass is 9.67. The molecule has 1 aromatic heterocycles. The quantitative estimate of drug-likeness (QED) is 0.166. The van der Waals surface area contributed by atoms with E-state index in [0.29, 0.717) is 0 Å². The van der Waals surface area contributed by atoms with Gasteiger partial charge >= 0.3 is 0 Å². The Morgan fingerprint density at radius 2 is 1.02 bits per heavy atom. The minimum Gasteiger partial charge on any atom is -0.309 e. The molecule has 0 N–H and O–H groups in total. The van der Waals surface area contributed by atoms with Crippen LogP contribution >= 0.6 is 11.3 Å². The van der Waals surface area contributed by atoms with Gasteiger partial charge in [0.15, 0.2) is 0 Å². The highest BCUT2D eigenvalue weighted by Gasteiger charge is 2.46. The largest absolute Gasteiger partial charge is 0.309 e. The Morgan fingerprint density at radius 1 is 0.400 bits per heavy atom. The van der Waals surface area contributed by atoms with Crippen molar-refractivity contribution in [3.8, 4) is 22.3 Å². The van der Waals surface area contributed by atoms with Gasteiger partial charge in [-0.05, 0) is 86.1 Å². The zero-order valence-corrected chi connectivity index (χ0v) is 30.9. The smallest absolute Gasteiger partial charge is 0.0714 e. The Kier molecular flexibility index (Phi) is 7.33. The molecule has 0 fully saturated rings. The third-order valence-electron chi connectivity index (χ3n) is 11.5. The summed E-state index contributed by atoms with van der Waals surface area (Å²) in [6.45, 7) is 0. The second kappa shape index (κ2) is 12.7. The predicted octanol–water partition coefficient (Wildman–Crippen LogP) is 14.7. The van der Waals surface area contributed by atoms with Crippen LogP contribution in [0.3, 0.4) is 0 Å². The van der Waals surface area contributed by atoms with Crippen LogP contribution in [0.5, 0.6) is 0 Å². The maximum atomic E-state index is 2.54. The molecule has 0 aliphatic heterocycles. The first-order valence-corrected chi connectivity index (χ1v) is 19.8. The molecule has 0 saturated heterocycles. The van der Waals surface area contributed by atoms with Crippen molar-refractivity contribution in [2.24, 2.45) is 0 Å². The van der Waals surface area contributed by atoms with Crippen LogP contribution < -0.4 is 4.90 Å². The van der Waals surface area contributed by atoms with Gasteiger partial charge in [0, 0.05) is 31.4 Å². The SMILES string of the molecule is c1ccc(-c2c(N(c3ccc4c(c3)C(c3ccccc3)(c3ccccc3)c3ccccc3-4)c3cccc4sc5ccccc5c34)ccc3ccccc23)cc1. The number of thiophene rings is 1. The minimum absolute atomic E-state index is 0.511. The van der Waals surface area contributed by atoms with E-state index in [-0.39, 0.29) is 0 Å². The second-order valence-electron chi connectivity index (χ2n) is 14.4. The fraction of sp³-hybridized carbons (Fsp3) is 0.0189. The number of hydrogen-bond donors (Lipinski definition) is 0. The van der Waals surface area contributed by atoms with Crippen molar-refractivity contribution in [3.63, 3.8) is 0 Å². The summed E-state index contributed by atoms with van der Waals surface area (Å²) < 4.78 is 2.57. The minimum atomic E-state index is -0.511. The maximum absolute atomic E-state index is 2.54. The highest BCUT2D eigenvalue weighted by molar-refractivity contribution is 7.26. The van der Waals surface area contributed by atoms with Gasteiger partial charge in [0.25, 0.3) is 0 Å². The Morgan fingerprint density at radius 3 is 1.80 bits per heavy atom. The van der Waals surface area contributed by atoms with E-state index in [2.05, 4.69) is 217 Å². The molecule has 0 atom stereocenters. The normalized spacial score (nSPS) is 12.9. The summed E-state index contributed by atoms with van der Waals surface area (Å²) >= 11 is 1.87. The van der Waals surface area contributed by atoms with Crippen molar-refractivity contribution >= 4 is 59.3 Å². The zero-order valence-electron chi connectivity index (χ0n) is 30.1. The highest BCUT2D eigenvalue weighted by atomic mass is 32.1. The molecule has 1 aliphatic rings. The van der Waals surface area contributed by atoms with Gasteiger partial charge in [-0.3, -0.25) is 0 Å². The molecule has 1 nitrogen and oxygen atoms in total. The van der Waals surface area contributed by atoms with E-state index in [1.54, 1.807) is 0 Å². The van der Waals surface area contributed by atoms with Gasteiger partial charge < -0.3 is 4.90 Å². The van der Waals surface area contributed by atoms with Crippen LogP contribution in [-0.2, 0) is 5.41 Å². The lowest BCUT2D eigenvalue weighted by molar-refractivity contribution is 0.768. The van der Waals surface area contributed by atoms with Crippen molar-refractivity contribution in [1.29, 1.82) is 0 Å². The number of anilines is 3. The van der Waals surface area contributed by atoms with E-state index in [4.69, 9.17) is 0 Å². The molecule has 2 heteroatoms. The number of hydrogen-bond acceptors (Lipinski definition) is 2. The van der Waals surface area contributed by atoms with E-state index in [1.165, 1.54) is 81.1 Å². The number of nitrogens with zero attached hydrogens (tertiary/aromatic N) is 1. The molecule has 1 aliphatic carbocycles. The molecule has 10 aromatic rings. The summed E-state index contributed by atoms with van der Waals surface area (Å²) in [5.74, 6) is 0. The summed E-state index contributed by atoms with van der Waals surface area (Å²) in [5, 5.41) is 5.01. The van der Waals surface area contributed by atoms with E-state index < -0.39 is 5.41 Å². The molecule has 0 amide bonds. The van der Waals surface area contributed by atoms with Crippen LogP contribution in [0, 0.1) is 0 Å². The lowest BCUT2D eigenvalue weighted by Gasteiger charge is -2.35. The van der Waals surface area contributed by atoms with E-state index in [1.807, 2.05) is 11.3 Å². The van der Waals surface area contributed by atoms with Gasteiger partial charge in [0.1, 0.15) is 0 Å². The first-order valence-electron chi connectivity index (χ1n) is 18.9. The number of fused-ring (bicyclic) bond motifs is 7. The molecule has 0 spiro atoms. The van der Waals surface area contributed by atoms with Crippen molar-refractivity contribution in [3.05, 3.63) is 235 Å². The summed E-state index contributed by atoms with van der Waals surface area (Å²) in [6.07, 6.45) is 0. The Bertz CT molecular complexity index is 3000. The average Bonchev–Trinajstić information content (AvgIpc) is 3.79. The predicted molar refractivity (Wildman–Crippen MR) is 234 cm³/mol. The van der Waals surface area contributed by atoms with Gasteiger partial charge in [0.05, 0.1) is 16.8 Å². The van der Waals surface area contributed by atoms with Crippen LogP contribution in [0.1, 0.15) is 22.3 Å². The van der Waals surface area contributed by atoms with Gasteiger partial charge in [-0.2, -0.15) is 0 Å². The molecule has 0 saturated carbocycles. The molecule has 0 bridgehead atoms. The summed E-state index contributed by atoms with van der Waals surface area (Å²) in [7, 11) is 0. The van der Waals surface area contributed by atoms with Gasteiger partial charge in [0.2, 0.25) is 0 Å². The number of rotatable bonds is 6. The number of benzene rings is 9. The monoisotopic (exact) mass is 717 g/mol. The third kappa shape index (κ3) is 4.78. The highest BCUT2D eigenvalue weighted by Crippen LogP contribution is 2.58. The fourth-order valence-electron chi connectivity index (χ4n) is 9.28. The molecule has 1 heterocycles.